The van der Waals surface area contributed by atoms with Crippen molar-refractivity contribution < 1.29 is 9.18 Å². The second-order valence-electron chi connectivity index (χ2n) is 5.44. The zero-order valence-electron chi connectivity index (χ0n) is 11.8. The second-order valence-corrected chi connectivity index (χ2v) is 5.44. The maximum absolute atomic E-state index is 13.6. The molecule has 1 aromatic rings. The highest BCUT2D eigenvalue weighted by Crippen LogP contribution is 2.19. The number of nitrogens with zero attached hydrogens (tertiary/aromatic N) is 1. The fourth-order valence-corrected chi connectivity index (χ4v) is 2.17. The van der Waals surface area contributed by atoms with E-state index < -0.39 is 0 Å². The molecule has 0 bridgehead atoms. The molecule has 5 heteroatoms. The summed E-state index contributed by atoms with van der Waals surface area (Å²) in [6, 6.07) is 6.96. The lowest BCUT2D eigenvalue weighted by atomic mass is 10.1. The Kier molecular flexibility index (Phi) is 5.09. The van der Waals surface area contributed by atoms with E-state index in [4.69, 9.17) is 5.73 Å². The van der Waals surface area contributed by atoms with Crippen molar-refractivity contribution in [2.45, 2.75) is 37.9 Å². The summed E-state index contributed by atoms with van der Waals surface area (Å²) in [5.74, 6) is -0.194. The summed E-state index contributed by atoms with van der Waals surface area (Å²) >= 11 is 0. The highest BCUT2D eigenvalue weighted by molar-refractivity contribution is 5.77. The molecule has 0 aliphatic heterocycles. The van der Waals surface area contributed by atoms with Crippen molar-refractivity contribution in [2.75, 3.05) is 13.6 Å². The first-order chi connectivity index (χ1) is 9.60. The zero-order valence-corrected chi connectivity index (χ0v) is 11.8. The van der Waals surface area contributed by atoms with Crippen molar-refractivity contribution in [1.29, 1.82) is 0 Å². The monoisotopic (exact) mass is 279 g/mol. The average molecular weight is 279 g/mol. The number of benzene rings is 1. The van der Waals surface area contributed by atoms with Gasteiger partial charge in [-0.25, -0.2) is 4.39 Å². The van der Waals surface area contributed by atoms with Gasteiger partial charge in [0.25, 0.3) is 0 Å². The Morgan fingerprint density at radius 3 is 2.80 bits per heavy atom. The Hall–Kier alpha value is -1.46. The molecule has 2 rings (SSSR count). The van der Waals surface area contributed by atoms with Gasteiger partial charge in [0.1, 0.15) is 5.82 Å². The van der Waals surface area contributed by atoms with Gasteiger partial charge in [-0.2, -0.15) is 0 Å². The minimum atomic E-state index is -0.224. The highest BCUT2D eigenvalue weighted by Gasteiger charge is 2.25. The summed E-state index contributed by atoms with van der Waals surface area (Å²) in [7, 11) is 1.87. The molecular formula is C15H22FN3O. The molecule has 1 aromatic carbocycles. The number of carbonyl (C=O) groups excluding carboxylic acids is 1. The van der Waals surface area contributed by atoms with Crippen molar-refractivity contribution >= 4 is 5.91 Å². The number of hydrogen-bond acceptors (Lipinski definition) is 3. The lowest BCUT2D eigenvalue weighted by Gasteiger charge is -2.26. The lowest BCUT2D eigenvalue weighted by molar-refractivity contribution is -0.122. The van der Waals surface area contributed by atoms with Gasteiger partial charge in [-0.15, -0.1) is 0 Å². The molecule has 1 aliphatic rings. The minimum absolute atomic E-state index is 0.0309. The normalized spacial score (nSPS) is 16.2. The molecule has 1 fully saturated rings. The van der Waals surface area contributed by atoms with E-state index in [1.807, 2.05) is 18.0 Å². The van der Waals surface area contributed by atoms with Crippen LogP contribution in [0.2, 0.25) is 0 Å². The van der Waals surface area contributed by atoms with Crippen LogP contribution < -0.4 is 11.1 Å². The van der Waals surface area contributed by atoms with Crippen LogP contribution in [0.25, 0.3) is 0 Å². The second kappa shape index (κ2) is 6.81. The molecule has 1 saturated carbocycles. The molecule has 4 nitrogen and oxygen atoms in total. The van der Waals surface area contributed by atoms with Gasteiger partial charge in [-0.1, -0.05) is 18.2 Å². The third-order valence-corrected chi connectivity index (χ3v) is 3.64. The largest absolute Gasteiger partial charge is 0.353 e. The van der Waals surface area contributed by atoms with E-state index >= 15 is 0 Å². The number of halogens is 1. The number of hydrogen-bond donors (Lipinski definition) is 2. The molecule has 20 heavy (non-hydrogen) atoms. The molecule has 0 radical (unpaired) electrons. The maximum Gasteiger partial charge on any atom is 0.221 e. The standard InChI is InChI=1S/C15H22FN3O/c1-19(10-11-4-2-3-5-14(11)16)13(9-17)8-15(20)18-12-6-7-12/h2-5,12-13H,6-10,17H2,1H3,(H,18,20). The summed E-state index contributed by atoms with van der Waals surface area (Å²) in [6.45, 7) is 0.828. The summed E-state index contributed by atoms with van der Waals surface area (Å²) in [6.07, 6.45) is 2.51. The van der Waals surface area contributed by atoms with Crippen molar-refractivity contribution in [3.05, 3.63) is 35.6 Å². The van der Waals surface area contributed by atoms with Gasteiger partial charge in [-0.05, 0) is 26.0 Å². The van der Waals surface area contributed by atoms with E-state index in [0.29, 0.717) is 31.1 Å². The summed E-state index contributed by atoms with van der Waals surface area (Å²) in [4.78, 5) is 13.8. The van der Waals surface area contributed by atoms with Crippen LogP contribution in [0, 0.1) is 5.82 Å². The molecule has 110 valence electrons. The van der Waals surface area contributed by atoms with Crippen LogP contribution >= 0.6 is 0 Å². The van der Waals surface area contributed by atoms with Crippen LogP contribution in [0.4, 0.5) is 4.39 Å². The van der Waals surface area contributed by atoms with E-state index in [9.17, 15) is 9.18 Å². The first-order valence-corrected chi connectivity index (χ1v) is 7.03. The van der Waals surface area contributed by atoms with E-state index in [2.05, 4.69) is 5.32 Å². The molecule has 1 atom stereocenters. The van der Waals surface area contributed by atoms with Crippen LogP contribution in [-0.2, 0) is 11.3 Å². The smallest absolute Gasteiger partial charge is 0.221 e. The Labute approximate surface area is 119 Å². The Balaban J connectivity index is 1.89. The maximum atomic E-state index is 13.6. The third-order valence-electron chi connectivity index (χ3n) is 3.64. The summed E-state index contributed by atoms with van der Waals surface area (Å²) in [5, 5.41) is 2.95. The molecule has 0 heterocycles. The predicted octanol–water partition coefficient (Wildman–Crippen LogP) is 1.25. The topological polar surface area (TPSA) is 58.4 Å². The molecule has 1 unspecified atom stereocenters. The highest BCUT2D eigenvalue weighted by atomic mass is 19.1. The van der Waals surface area contributed by atoms with Crippen LogP contribution in [0.1, 0.15) is 24.8 Å². The van der Waals surface area contributed by atoms with Crippen LogP contribution in [0.3, 0.4) is 0 Å². The number of nitrogens with one attached hydrogen (secondary N) is 1. The van der Waals surface area contributed by atoms with E-state index in [-0.39, 0.29) is 17.8 Å². The number of amides is 1. The van der Waals surface area contributed by atoms with Crippen molar-refractivity contribution in [2.24, 2.45) is 5.73 Å². The van der Waals surface area contributed by atoms with Crippen molar-refractivity contribution in [1.82, 2.24) is 10.2 Å². The Morgan fingerprint density at radius 1 is 1.50 bits per heavy atom. The molecule has 0 saturated heterocycles. The van der Waals surface area contributed by atoms with E-state index in [0.717, 1.165) is 12.8 Å². The molecular weight excluding hydrogens is 257 g/mol. The molecule has 1 amide bonds. The van der Waals surface area contributed by atoms with Crippen LogP contribution in [0.5, 0.6) is 0 Å². The zero-order chi connectivity index (χ0) is 14.5. The van der Waals surface area contributed by atoms with Gasteiger partial charge in [0.15, 0.2) is 0 Å². The fourth-order valence-electron chi connectivity index (χ4n) is 2.17. The third kappa shape index (κ3) is 4.28. The predicted molar refractivity (Wildman–Crippen MR) is 76.5 cm³/mol. The van der Waals surface area contributed by atoms with E-state index in [1.54, 1.807) is 12.1 Å². The van der Waals surface area contributed by atoms with Gasteiger partial charge >= 0.3 is 0 Å². The van der Waals surface area contributed by atoms with Crippen molar-refractivity contribution in [3.8, 4) is 0 Å². The number of likely N-dealkylation sites (N-methyl/N-ethyl adjacent to an activating group) is 1. The first-order valence-electron chi connectivity index (χ1n) is 7.03. The molecule has 1 aliphatic carbocycles. The molecule has 0 spiro atoms. The quantitative estimate of drug-likeness (QED) is 0.790. The van der Waals surface area contributed by atoms with Gasteiger partial charge in [-0.3, -0.25) is 9.69 Å². The average Bonchev–Trinajstić information content (AvgIpc) is 3.22. The molecule has 0 aromatic heterocycles. The van der Waals surface area contributed by atoms with Crippen LogP contribution in [0.15, 0.2) is 24.3 Å². The minimum Gasteiger partial charge on any atom is -0.353 e. The number of carbonyl (C=O) groups is 1. The van der Waals surface area contributed by atoms with Crippen LogP contribution in [-0.4, -0.2) is 36.5 Å². The van der Waals surface area contributed by atoms with Gasteiger partial charge in [0.05, 0.1) is 0 Å². The fraction of sp³-hybridized carbons (Fsp3) is 0.533. The Bertz CT molecular complexity index is 462. The summed E-state index contributed by atoms with van der Waals surface area (Å²) < 4.78 is 13.6. The lowest BCUT2D eigenvalue weighted by Crippen LogP contribution is -2.42. The Morgan fingerprint density at radius 2 is 2.20 bits per heavy atom. The number of rotatable bonds is 7. The number of nitrogens with two attached hydrogens (primary N) is 1. The SMILES string of the molecule is CN(Cc1ccccc1F)C(CN)CC(=O)NC1CC1. The van der Waals surface area contributed by atoms with Gasteiger partial charge in [0, 0.05) is 37.2 Å². The van der Waals surface area contributed by atoms with Gasteiger partial charge < -0.3 is 11.1 Å². The first kappa shape index (κ1) is 14.9. The van der Waals surface area contributed by atoms with E-state index in [1.165, 1.54) is 6.07 Å². The molecule has 3 N–H and O–H groups in total. The van der Waals surface area contributed by atoms with Crippen molar-refractivity contribution in [3.63, 3.8) is 0 Å². The van der Waals surface area contributed by atoms with Gasteiger partial charge in [0.2, 0.25) is 5.91 Å². The summed E-state index contributed by atoms with van der Waals surface area (Å²) in [5.41, 5.74) is 6.37.